The molecular formula is C18H17F2N3O4. The van der Waals surface area contributed by atoms with Crippen molar-refractivity contribution >= 4 is 29.3 Å². The second kappa shape index (κ2) is 6.11. The Labute approximate surface area is 153 Å². The van der Waals surface area contributed by atoms with E-state index < -0.39 is 41.3 Å². The van der Waals surface area contributed by atoms with E-state index in [1.165, 1.54) is 0 Å². The Hall–Kier alpha value is -2.84. The SMILES string of the molecule is CC1CCCN1c1c(F)c(F)cc2c1C(=O)N(C1CCC(=O)NC1=O)C2=O. The minimum atomic E-state index is -1.21. The van der Waals surface area contributed by atoms with Crippen LogP contribution >= 0.6 is 0 Å². The van der Waals surface area contributed by atoms with Gasteiger partial charge in [0.15, 0.2) is 11.6 Å². The molecule has 1 aromatic carbocycles. The number of benzene rings is 1. The summed E-state index contributed by atoms with van der Waals surface area (Å²) in [5.74, 6) is -5.33. The molecule has 2 saturated heterocycles. The highest BCUT2D eigenvalue weighted by Crippen LogP contribution is 2.39. The van der Waals surface area contributed by atoms with E-state index >= 15 is 0 Å². The van der Waals surface area contributed by atoms with Gasteiger partial charge < -0.3 is 4.90 Å². The van der Waals surface area contributed by atoms with Gasteiger partial charge in [-0.2, -0.15) is 0 Å². The third kappa shape index (κ3) is 2.52. The predicted molar refractivity (Wildman–Crippen MR) is 89.1 cm³/mol. The molecule has 0 aliphatic carbocycles. The Kier molecular flexibility index (Phi) is 3.97. The molecule has 0 aromatic heterocycles. The van der Waals surface area contributed by atoms with Gasteiger partial charge in [0.05, 0.1) is 16.8 Å². The lowest BCUT2D eigenvalue weighted by atomic mass is 10.0. The molecule has 1 N–H and O–H groups in total. The zero-order valence-corrected chi connectivity index (χ0v) is 14.6. The molecule has 3 aliphatic rings. The van der Waals surface area contributed by atoms with Gasteiger partial charge in [0.1, 0.15) is 6.04 Å². The van der Waals surface area contributed by atoms with Crippen molar-refractivity contribution in [1.82, 2.24) is 10.2 Å². The van der Waals surface area contributed by atoms with Gasteiger partial charge in [-0.15, -0.1) is 0 Å². The van der Waals surface area contributed by atoms with Gasteiger partial charge in [-0.05, 0) is 32.3 Å². The number of hydrogen-bond donors (Lipinski definition) is 1. The molecule has 0 spiro atoms. The molecule has 3 aliphatic heterocycles. The van der Waals surface area contributed by atoms with Crippen molar-refractivity contribution in [2.75, 3.05) is 11.4 Å². The zero-order chi connectivity index (χ0) is 19.5. The number of amides is 4. The average molecular weight is 377 g/mol. The summed E-state index contributed by atoms with van der Waals surface area (Å²) in [5, 5.41) is 2.09. The molecule has 2 unspecified atom stereocenters. The largest absolute Gasteiger partial charge is 0.366 e. The summed E-state index contributed by atoms with van der Waals surface area (Å²) in [4.78, 5) is 51.6. The third-order valence-electron chi connectivity index (χ3n) is 5.44. The number of halogens is 2. The molecule has 0 radical (unpaired) electrons. The molecule has 0 saturated carbocycles. The number of fused-ring (bicyclic) bond motifs is 1. The van der Waals surface area contributed by atoms with E-state index in [0.29, 0.717) is 12.6 Å². The van der Waals surface area contributed by atoms with E-state index in [1.54, 1.807) is 4.90 Å². The van der Waals surface area contributed by atoms with Gasteiger partial charge in [-0.1, -0.05) is 0 Å². The van der Waals surface area contributed by atoms with Gasteiger partial charge in [0, 0.05) is 19.0 Å². The first-order valence-corrected chi connectivity index (χ1v) is 8.81. The lowest BCUT2D eigenvalue weighted by Gasteiger charge is -2.28. The molecule has 142 valence electrons. The number of anilines is 1. The summed E-state index contributed by atoms with van der Waals surface area (Å²) in [6.07, 6.45) is 1.47. The van der Waals surface area contributed by atoms with Gasteiger partial charge in [0.25, 0.3) is 11.8 Å². The fraction of sp³-hybridized carbons (Fsp3) is 0.444. The molecule has 2 atom stereocenters. The van der Waals surface area contributed by atoms with Crippen molar-refractivity contribution in [3.63, 3.8) is 0 Å². The standard InChI is InChI=1S/C18H17F2N3O4/c1-8-3-2-6-22(8)15-13-9(7-10(19)14(15)20)17(26)23(18(13)27)11-4-5-12(24)21-16(11)25/h7-8,11H,2-6H2,1H3,(H,21,24,25). The average Bonchev–Trinajstić information content (AvgIpc) is 3.13. The summed E-state index contributed by atoms with van der Waals surface area (Å²) in [5.41, 5.74) is -0.682. The molecule has 27 heavy (non-hydrogen) atoms. The van der Waals surface area contributed by atoms with E-state index in [2.05, 4.69) is 5.32 Å². The summed E-state index contributed by atoms with van der Waals surface area (Å²) < 4.78 is 28.9. The Morgan fingerprint density at radius 3 is 2.48 bits per heavy atom. The van der Waals surface area contributed by atoms with Gasteiger partial charge in [-0.25, -0.2) is 8.78 Å². The van der Waals surface area contributed by atoms with Crippen LogP contribution in [0.15, 0.2) is 6.07 Å². The van der Waals surface area contributed by atoms with E-state index in [9.17, 15) is 28.0 Å². The van der Waals surface area contributed by atoms with Crippen molar-refractivity contribution in [2.45, 2.75) is 44.7 Å². The Bertz CT molecular complexity index is 901. The van der Waals surface area contributed by atoms with Crippen molar-refractivity contribution < 1.29 is 28.0 Å². The van der Waals surface area contributed by atoms with Crippen LogP contribution < -0.4 is 10.2 Å². The van der Waals surface area contributed by atoms with E-state index in [4.69, 9.17) is 0 Å². The minimum absolute atomic E-state index is 0.0173. The molecule has 4 amide bonds. The van der Waals surface area contributed by atoms with Crippen LogP contribution in [-0.4, -0.2) is 47.2 Å². The maximum atomic E-state index is 14.7. The number of hydrogen-bond acceptors (Lipinski definition) is 5. The van der Waals surface area contributed by atoms with E-state index in [-0.39, 0.29) is 35.7 Å². The number of carbonyl (C=O) groups excluding carboxylic acids is 4. The Morgan fingerprint density at radius 1 is 1.11 bits per heavy atom. The molecule has 3 heterocycles. The zero-order valence-electron chi connectivity index (χ0n) is 14.6. The normalized spacial score (nSPS) is 25.3. The van der Waals surface area contributed by atoms with Gasteiger partial charge >= 0.3 is 0 Å². The smallest absolute Gasteiger partial charge is 0.264 e. The molecule has 4 rings (SSSR count). The highest BCUT2D eigenvalue weighted by molar-refractivity contribution is 6.25. The lowest BCUT2D eigenvalue weighted by molar-refractivity contribution is -0.136. The summed E-state index contributed by atoms with van der Waals surface area (Å²) >= 11 is 0. The first-order chi connectivity index (χ1) is 12.8. The maximum absolute atomic E-state index is 14.7. The number of nitrogens with zero attached hydrogens (tertiary/aromatic N) is 2. The number of imide groups is 2. The van der Waals surface area contributed by atoms with Gasteiger partial charge in [-0.3, -0.25) is 29.4 Å². The summed E-state index contributed by atoms with van der Waals surface area (Å²) in [6, 6.07) is -0.580. The van der Waals surface area contributed by atoms with Crippen LogP contribution in [0.3, 0.4) is 0 Å². The van der Waals surface area contributed by atoms with Crippen LogP contribution in [0, 0.1) is 11.6 Å². The first-order valence-electron chi connectivity index (χ1n) is 8.81. The quantitative estimate of drug-likeness (QED) is 0.787. The first kappa shape index (κ1) is 17.6. The van der Waals surface area contributed by atoms with Crippen molar-refractivity contribution in [1.29, 1.82) is 0 Å². The second-order valence-electron chi connectivity index (χ2n) is 7.08. The summed E-state index contributed by atoms with van der Waals surface area (Å²) in [7, 11) is 0. The van der Waals surface area contributed by atoms with Crippen LogP contribution in [-0.2, 0) is 9.59 Å². The maximum Gasteiger partial charge on any atom is 0.264 e. The number of piperidine rings is 1. The predicted octanol–water partition coefficient (Wildman–Crippen LogP) is 1.35. The molecule has 1 aromatic rings. The van der Waals surface area contributed by atoms with Crippen molar-refractivity contribution in [3.8, 4) is 0 Å². The fourth-order valence-corrected chi connectivity index (χ4v) is 4.09. The third-order valence-corrected chi connectivity index (χ3v) is 5.44. The van der Waals surface area contributed by atoms with Crippen LogP contribution in [0.2, 0.25) is 0 Å². The fourth-order valence-electron chi connectivity index (χ4n) is 4.09. The summed E-state index contributed by atoms with van der Waals surface area (Å²) in [6.45, 7) is 2.27. The minimum Gasteiger partial charge on any atom is -0.366 e. The molecule has 7 nitrogen and oxygen atoms in total. The highest BCUT2D eigenvalue weighted by Gasteiger charge is 2.48. The molecule has 2 fully saturated rings. The lowest BCUT2D eigenvalue weighted by Crippen LogP contribution is -2.54. The van der Waals surface area contributed by atoms with Crippen molar-refractivity contribution in [2.24, 2.45) is 0 Å². The molecular weight excluding hydrogens is 360 g/mol. The second-order valence-corrected chi connectivity index (χ2v) is 7.08. The van der Waals surface area contributed by atoms with Crippen LogP contribution in [0.4, 0.5) is 14.5 Å². The topological polar surface area (TPSA) is 86.8 Å². The number of nitrogens with one attached hydrogen (secondary N) is 1. The Balaban J connectivity index is 1.81. The van der Waals surface area contributed by atoms with Crippen LogP contribution in [0.1, 0.15) is 53.3 Å². The highest BCUT2D eigenvalue weighted by atomic mass is 19.2. The monoisotopic (exact) mass is 377 g/mol. The Morgan fingerprint density at radius 2 is 1.85 bits per heavy atom. The van der Waals surface area contributed by atoms with E-state index in [1.807, 2.05) is 6.92 Å². The van der Waals surface area contributed by atoms with Crippen LogP contribution in [0.25, 0.3) is 0 Å². The molecule has 0 bridgehead atoms. The van der Waals surface area contributed by atoms with Crippen molar-refractivity contribution in [3.05, 3.63) is 28.8 Å². The molecule has 9 heteroatoms. The number of carbonyl (C=O) groups is 4. The number of rotatable bonds is 2. The van der Waals surface area contributed by atoms with Gasteiger partial charge in [0.2, 0.25) is 11.8 Å². The van der Waals surface area contributed by atoms with Crippen LogP contribution in [0.5, 0.6) is 0 Å². The van der Waals surface area contributed by atoms with E-state index in [0.717, 1.165) is 17.7 Å².